The van der Waals surface area contributed by atoms with Crippen LogP contribution in [0, 0.1) is 24.0 Å². The highest BCUT2D eigenvalue weighted by atomic mass is 79.9. The van der Waals surface area contributed by atoms with Gasteiger partial charge in [0.1, 0.15) is 11.0 Å². The number of nitrogens with zero attached hydrogens (tertiary/aromatic N) is 4. The summed E-state index contributed by atoms with van der Waals surface area (Å²) in [6.45, 7) is 6.63. The predicted molar refractivity (Wildman–Crippen MR) is 80.5 cm³/mol. The summed E-state index contributed by atoms with van der Waals surface area (Å²) in [6.07, 6.45) is 1.44. The van der Waals surface area contributed by atoms with Crippen LogP contribution in [0.1, 0.15) is 28.7 Å². The maximum absolute atomic E-state index is 12.3. The van der Waals surface area contributed by atoms with Crippen LogP contribution >= 0.6 is 15.9 Å². The van der Waals surface area contributed by atoms with Gasteiger partial charge < -0.3 is 14.7 Å². The summed E-state index contributed by atoms with van der Waals surface area (Å²) in [4.78, 5) is 22.5. The minimum absolute atomic E-state index is 0.0273. The predicted octanol–water partition coefficient (Wildman–Crippen LogP) is 2.87. The zero-order chi connectivity index (χ0) is 15.7. The molecule has 0 radical (unpaired) electrons. The van der Waals surface area contributed by atoms with Crippen molar-refractivity contribution in [2.75, 3.05) is 0 Å². The molecular weight excluding hydrogens is 340 g/mol. The molecule has 112 valence electrons. The maximum atomic E-state index is 12.3. The van der Waals surface area contributed by atoms with E-state index < -0.39 is 4.92 Å². The second kappa shape index (κ2) is 5.80. The number of hydrogen-bond acceptors (Lipinski definition) is 4. The van der Waals surface area contributed by atoms with Crippen LogP contribution in [0.3, 0.4) is 0 Å². The summed E-state index contributed by atoms with van der Waals surface area (Å²) in [7, 11) is 0. The molecule has 0 saturated carbocycles. The normalized spacial score (nSPS) is 10.9. The lowest BCUT2D eigenvalue weighted by Crippen LogP contribution is -2.12. The molecule has 0 aliphatic heterocycles. The molecule has 8 heteroatoms. The lowest BCUT2D eigenvalue weighted by molar-refractivity contribution is -0.390. The van der Waals surface area contributed by atoms with Gasteiger partial charge in [0.15, 0.2) is 5.78 Å². The molecule has 0 aliphatic rings. The first-order valence-corrected chi connectivity index (χ1v) is 7.21. The number of carbonyl (C=O) groups is 1. The zero-order valence-corrected chi connectivity index (χ0v) is 13.5. The molecule has 0 spiro atoms. The van der Waals surface area contributed by atoms with E-state index in [1.807, 2.05) is 26.8 Å². The van der Waals surface area contributed by atoms with Crippen LogP contribution in [0.4, 0.5) is 5.82 Å². The Morgan fingerprint density at radius 2 is 2.14 bits per heavy atom. The van der Waals surface area contributed by atoms with Gasteiger partial charge in [-0.25, -0.2) is 0 Å². The molecule has 0 fully saturated rings. The summed E-state index contributed by atoms with van der Waals surface area (Å²) in [5, 5.41) is 14.5. The lowest BCUT2D eigenvalue weighted by atomic mass is 10.1. The van der Waals surface area contributed by atoms with E-state index in [1.54, 1.807) is 0 Å². The van der Waals surface area contributed by atoms with Gasteiger partial charge in [0.2, 0.25) is 0 Å². The molecule has 0 atom stereocenters. The van der Waals surface area contributed by atoms with Crippen LogP contribution in [-0.4, -0.2) is 25.1 Å². The first kappa shape index (κ1) is 15.4. The third-order valence-corrected chi connectivity index (χ3v) is 3.93. The highest BCUT2D eigenvalue weighted by molar-refractivity contribution is 9.10. The molecule has 0 bridgehead atoms. The molecule has 2 heterocycles. The molecule has 2 rings (SSSR count). The number of hydrogen-bond donors (Lipinski definition) is 0. The number of rotatable bonds is 5. The zero-order valence-electron chi connectivity index (χ0n) is 12.0. The molecule has 0 aliphatic carbocycles. The van der Waals surface area contributed by atoms with E-state index in [1.165, 1.54) is 10.9 Å². The summed E-state index contributed by atoms with van der Waals surface area (Å²) in [6, 6.07) is 1.84. The third-order valence-electron chi connectivity index (χ3n) is 3.37. The summed E-state index contributed by atoms with van der Waals surface area (Å²) >= 11 is 3.06. The Bertz CT molecular complexity index is 717. The van der Waals surface area contributed by atoms with Gasteiger partial charge in [-0.2, -0.15) is 4.68 Å². The van der Waals surface area contributed by atoms with Gasteiger partial charge in [0, 0.05) is 23.5 Å². The van der Waals surface area contributed by atoms with Gasteiger partial charge in [0.25, 0.3) is 0 Å². The lowest BCUT2D eigenvalue weighted by Gasteiger charge is -2.05. The Balaban J connectivity index is 2.26. The van der Waals surface area contributed by atoms with Gasteiger partial charge in [-0.05, 0) is 47.7 Å². The molecule has 21 heavy (non-hydrogen) atoms. The fraction of sp³-hybridized carbons (Fsp3) is 0.385. The fourth-order valence-electron chi connectivity index (χ4n) is 2.39. The van der Waals surface area contributed by atoms with Crippen molar-refractivity contribution in [3.8, 4) is 0 Å². The Morgan fingerprint density at radius 3 is 2.62 bits per heavy atom. The van der Waals surface area contributed by atoms with Crippen molar-refractivity contribution in [1.29, 1.82) is 0 Å². The van der Waals surface area contributed by atoms with Gasteiger partial charge in [-0.1, -0.05) is 0 Å². The summed E-state index contributed by atoms with van der Waals surface area (Å²) < 4.78 is 3.59. The van der Waals surface area contributed by atoms with Crippen LogP contribution in [0.15, 0.2) is 16.7 Å². The van der Waals surface area contributed by atoms with Crippen LogP contribution in [0.5, 0.6) is 0 Å². The van der Waals surface area contributed by atoms with Crippen molar-refractivity contribution >= 4 is 27.5 Å². The number of carbonyl (C=O) groups excluding carboxylic acids is 1. The Labute approximate surface area is 129 Å². The highest BCUT2D eigenvalue weighted by Crippen LogP contribution is 2.22. The van der Waals surface area contributed by atoms with Crippen molar-refractivity contribution in [2.45, 2.75) is 33.9 Å². The average molecular weight is 355 g/mol. The topological polar surface area (TPSA) is 83.0 Å². The second-order valence-electron chi connectivity index (χ2n) is 4.71. The van der Waals surface area contributed by atoms with Crippen LogP contribution in [-0.2, 0) is 13.1 Å². The highest BCUT2D eigenvalue weighted by Gasteiger charge is 2.22. The van der Waals surface area contributed by atoms with Gasteiger partial charge in [-0.3, -0.25) is 4.79 Å². The van der Waals surface area contributed by atoms with Gasteiger partial charge >= 0.3 is 5.82 Å². The van der Waals surface area contributed by atoms with Crippen molar-refractivity contribution in [3.05, 3.63) is 43.8 Å². The van der Waals surface area contributed by atoms with Crippen molar-refractivity contribution in [2.24, 2.45) is 0 Å². The summed E-state index contributed by atoms with van der Waals surface area (Å²) in [5.41, 5.74) is 2.55. The second-order valence-corrected chi connectivity index (χ2v) is 5.56. The van der Waals surface area contributed by atoms with Gasteiger partial charge in [-0.15, -0.1) is 0 Å². The van der Waals surface area contributed by atoms with Crippen LogP contribution < -0.4 is 0 Å². The molecule has 0 amide bonds. The average Bonchev–Trinajstić information content (AvgIpc) is 2.90. The quantitative estimate of drug-likeness (QED) is 0.469. The summed E-state index contributed by atoms with van der Waals surface area (Å²) in [5.74, 6) is -0.408. The number of halogens is 1. The molecule has 7 nitrogen and oxygen atoms in total. The molecule has 2 aromatic rings. The molecule has 0 aromatic carbocycles. The van der Waals surface area contributed by atoms with E-state index >= 15 is 0 Å². The fourth-order valence-corrected chi connectivity index (χ4v) is 2.85. The molecule has 2 aromatic heterocycles. The third kappa shape index (κ3) is 2.90. The molecule has 0 unspecified atom stereocenters. The van der Waals surface area contributed by atoms with E-state index in [9.17, 15) is 14.9 Å². The Hall–Kier alpha value is -1.96. The monoisotopic (exact) mass is 354 g/mol. The van der Waals surface area contributed by atoms with E-state index in [-0.39, 0.29) is 22.6 Å². The number of ketones is 1. The van der Waals surface area contributed by atoms with E-state index in [4.69, 9.17) is 0 Å². The standard InChI is InChI=1S/C13H15BrN4O3/c1-4-17-8(2)5-10(9(17)3)12(19)7-16-6-11(14)13(15-16)18(20)21/h5-6H,4,7H2,1-3H3. The maximum Gasteiger partial charge on any atom is 0.404 e. The molecule has 0 N–H and O–H groups in total. The number of aryl methyl sites for hydroxylation is 1. The number of Topliss-reactive ketones (excluding diaryl/α,β-unsaturated/α-hetero) is 1. The largest absolute Gasteiger partial charge is 0.404 e. The SMILES string of the molecule is CCn1c(C)cc(C(=O)Cn2cc(Br)c([N+](=O)[O-])n2)c1C. The van der Waals surface area contributed by atoms with E-state index in [0.717, 1.165) is 17.9 Å². The smallest absolute Gasteiger partial charge is 0.358 e. The van der Waals surface area contributed by atoms with Crippen LogP contribution in [0.25, 0.3) is 0 Å². The Morgan fingerprint density at radius 1 is 1.48 bits per heavy atom. The first-order chi connectivity index (χ1) is 9.85. The van der Waals surface area contributed by atoms with Crippen molar-refractivity contribution in [1.82, 2.24) is 14.3 Å². The minimum Gasteiger partial charge on any atom is -0.358 e. The Kier molecular flexibility index (Phi) is 4.26. The molecular formula is C13H15BrN4O3. The minimum atomic E-state index is -0.589. The van der Waals surface area contributed by atoms with Gasteiger partial charge in [0.05, 0.1) is 11.3 Å². The van der Waals surface area contributed by atoms with E-state index in [2.05, 4.69) is 25.6 Å². The van der Waals surface area contributed by atoms with Crippen LogP contribution in [0.2, 0.25) is 0 Å². The first-order valence-electron chi connectivity index (χ1n) is 6.42. The van der Waals surface area contributed by atoms with E-state index in [0.29, 0.717) is 5.56 Å². The van der Waals surface area contributed by atoms with Crippen molar-refractivity contribution < 1.29 is 9.72 Å². The van der Waals surface area contributed by atoms with Crippen molar-refractivity contribution in [3.63, 3.8) is 0 Å². The molecule has 0 saturated heterocycles. The number of aromatic nitrogens is 3. The number of nitro groups is 1.